The molecule has 0 aliphatic carbocycles. The number of anilines is 1. The number of carbonyl (C=O) groups is 3. The van der Waals surface area contributed by atoms with Crippen LogP contribution in [-0.4, -0.2) is 61.9 Å². The molecule has 2 fully saturated rings. The Morgan fingerprint density at radius 2 is 1.58 bits per heavy atom. The Morgan fingerprint density at radius 1 is 0.962 bits per heavy atom. The molecule has 26 heavy (non-hydrogen) atoms. The number of benzene rings is 1. The molecular formula is C19H23N3O4. The summed E-state index contributed by atoms with van der Waals surface area (Å²) in [5.41, 5.74) is 1.63. The summed E-state index contributed by atoms with van der Waals surface area (Å²) in [7, 11) is 4.28. The third kappa shape index (κ3) is 3.16. The van der Waals surface area contributed by atoms with Crippen LogP contribution in [0.3, 0.4) is 0 Å². The SMILES string of the molecule is COc1cc(N2CCCCC2)ccc1C=C1C(=O)N(C)C(=O)N(C)C1=O. The van der Waals surface area contributed by atoms with Crippen molar-refractivity contribution in [2.24, 2.45) is 0 Å². The second kappa shape index (κ2) is 7.19. The number of amides is 4. The van der Waals surface area contributed by atoms with E-state index in [9.17, 15) is 14.4 Å². The van der Waals surface area contributed by atoms with E-state index in [0.717, 1.165) is 28.6 Å². The van der Waals surface area contributed by atoms with Crippen LogP contribution < -0.4 is 9.64 Å². The summed E-state index contributed by atoms with van der Waals surface area (Å²) in [5.74, 6) is -0.635. The maximum Gasteiger partial charge on any atom is 0.333 e. The first kappa shape index (κ1) is 18.0. The molecule has 0 radical (unpaired) electrons. The zero-order valence-electron chi connectivity index (χ0n) is 15.3. The number of piperidine rings is 1. The van der Waals surface area contributed by atoms with Crippen LogP contribution in [0.5, 0.6) is 5.75 Å². The zero-order chi connectivity index (χ0) is 18.8. The fourth-order valence-corrected chi connectivity index (χ4v) is 3.30. The van der Waals surface area contributed by atoms with Gasteiger partial charge >= 0.3 is 6.03 Å². The Kier molecular flexibility index (Phi) is 4.97. The molecule has 0 bridgehead atoms. The highest BCUT2D eigenvalue weighted by Crippen LogP contribution is 2.30. The summed E-state index contributed by atoms with van der Waals surface area (Å²) in [5, 5.41) is 0. The highest BCUT2D eigenvalue weighted by molar-refractivity contribution is 6.30. The first-order valence-electron chi connectivity index (χ1n) is 8.69. The molecule has 0 N–H and O–H groups in total. The molecule has 2 aliphatic heterocycles. The number of rotatable bonds is 3. The molecule has 0 spiro atoms. The highest BCUT2D eigenvalue weighted by Gasteiger charge is 2.37. The second-order valence-corrected chi connectivity index (χ2v) is 6.54. The lowest BCUT2D eigenvalue weighted by Crippen LogP contribution is -2.52. The average molecular weight is 357 g/mol. The number of ether oxygens (including phenoxy) is 1. The summed E-state index contributed by atoms with van der Waals surface area (Å²) >= 11 is 0. The lowest BCUT2D eigenvalue weighted by atomic mass is 10.0. The van der Waals surface area contributed by atoms with Crippen LogP contribution in [0.2, 0.25) is 0 Å². The highest BCUT2D eigenvalue weighted by atomic mass is 16.5. The van der Waals surface area contributed by atoms with Gasteiger partial charge in [-0.25, -0.2) is 4.79 Å². The van der Waals surface area contributed by atoms with E-state index in [2.05, 4.69) is 4.90 Å². The molecule has 0 saturated carbocycles. The van der Waals surface area contributed by atoms with Gasteiger partial charge in [0, 0.05) is 44.5 Å². The Hall–Kier alpha value is -2.83. The molecule has 1 aromatic carbocycles. The first-order valence-corrected chi connectivity index (χ1v) is 8.69. The summed E-state index contributed by atoms with van der Waals surface area (Å²) in [6.07, 6.45) is 5.08. The molecule has 0 atom stereocenters. The summed E-state index contributed by atoms with van der Waals surface area (Å²) < 4.78 is 5.48. The number of barbiturate groups is 1. The van der Waals surface area contributed by atoms with Crippen molar-refractivity contribution in [3.63, 3.8) is 0 Å². The van der Waals surface area contributed by atoms with Crippen LogP contribution >= 0.6 is 0 Å². The van der Waals surface area contributed by atoms with Crippen molar-refractivity contribution in [2.45, 2.75) is 19.3 Å². The van der Waals surface area contributed by atoms with Crippen molar-refractivity contribution >= 4 is 29.6 Å². The number of imide groups is 2. The van der Waals surface area contributed by atoms with E-state index in [1.807, 2.05) is 18.2 Å². The van der Waals surface area contributed by atoms with Crippen LogP contribution in [0.1, 0.15) is 24.8 Å². The minimum Gasteiger partial charge on any atom is -0.496 e. The number of urea groups is 1. The van der Waals surface area contributed by atoms with E-state index in [1.165, 1.54) is 39.4 Å². The normalized spacial score (nSPS) is 18.5. The third-order valence-electron chi connectivity index (χ3n) is 4.88. The van der Waals surface area contributed by atoms with Gasteiger partial charge in [-0.3, -0.25) is 19.4 Å². The standard InChI is InChI=1S/C19H23N3O4/c1-20-17(23)15(18(24)21(2)19(20)25)11-13-7-8-14(12-16(13)26-3)22-9-5-4-6-10-22/h7-8,11-12H,4-6,9-10H2,1-3H3. The Bertz CT molecular complexity index is 755. The van der Waals surface area contributed by atoms with Crippen molar-refractivity contribution < 1.29 is 19.1 Å². The van der Waals surface area contributed by atoms with Gasteiger partial charge in [-0.15, -0.1) is 0 Å². The molecule has 138 valence electrons. The van der Waals surface area contributed by atoms with Crippen molar-refractivity contribution in [1.82, 2.24) is 9.80 Å². The fourth-order valence-electron chi connectivity index (χ4n) is 3.30. The third-order valence-corrected chi connectivity index (χ3v) is 4.88. The van der Waals surface area contributed by atoms with Crippen molar-refractivity contribution in [3.8, 4) is 5.75 Å². The molecule has 7 heteroatoms. The van der Waals surface area contributed by atoms with Gasteiger partial charge in [-0.2, -0.15) is 0 Å². The molecule has 3 rings (SSSR count). The maximum absolute atomic E-state index is 12.4. The predicted molar refractivity (Wildman–Crippen MR) is 98.0 cm³/mol. The van der Waals surface area contributed by atoms with Gasteiger partial charge in [0.25, 0.3) is 11.8 Å². The number of nitrogens with zero attached hydrogens (tertiary/aromatic N) is 3. The molecule has 2 aliphatic rings. The van der Waals surface area contributed by atoms with Crippen LogP contribution in [0.4, 0.5) is 10.5 Å². The first-order chi connectivity index (χ1) is 12.4. The molecule has 1 aromatic rings. The predicted octanol–water partition coefficient (Wildman–Crippen LogP) is 2.12. The topological polar surface area (TPSA) is 70.2 Å². The molecule has 7 nitrogen and oxygen atoms in total. The van der Waals surface area contributed by atoms with E-state index in [0.29, 0.717) is 11.3 Å². The Balaban J connectivity index is 1.95. The van der Waals surface area contributed by atoms with Gasteiger partial charge in [0.2, 0.25) is 0 Å². The number of hydrogen-bond acceptors (Lipinski definition) is 5. The minimum absolute atomic E-state index is 0.0568. The summed E-state index contributed by atoms with van der Waals surface area (Å²) in [6, 6.07) is 5.10. The van der Waals surface area contributed by atoms with Crippen molar-refractivity contribution in [3.05, 3.63) is 29.3 Å². The molecule has 0 aromatic heterocycles. The van der Waals surface area contributed by atoms with E-state index in [1.54, 1.807) is 7.11 Å². The lowest BCUT2D eigenvalue weighted by molar-refractivity contribution is -0.134. The lowest BCUT2D eigenvalue weighted by Gasteiger charge is -2.30. The molecule has 0 unspecified atom stereocenters. The maximum atomic E-state index is 12.4. The van der Waals surface area contributed by atoms with E-state index in [4.69, 9.17) is 4.74 Å². The van der Waals surface area contributed by atoms with E-state index < -0.39 is 17.8 Å². The second-order valence-electron chi connectivity index (χ2n) is 6.54. The smallest absolute Gasteiger partial charge is 0.333 e. The number of likely N-dealkylation sites (N-methyl/N-ethyl adjacent to an activating group) is 2. The molecule has 2 saturated heterocycles. The molecular weight excluding hydrogens is 334 g/mol. The monoisotopic (exact) mass is 357 g/mol. The van der Waals surface area contributed by atoms with Gasteiger partial charge in [-0.05, 0) is 37.5 Å². The van der Waals surface area contributed by atoms with Crippen LogP contribution in [-0.2, 0) is 9.59 Å². The van der Waals surface area contributed by atoms with Gasteiger partial charge in [0.15, 0.2) is 0 Å². The van der Waals surface area contributed by atoms with Crippen molar-refractivity contribution in [2.75, 3.05) is 39.2 Å². The van der Waals surface area contributed by atoms with Crippen LogP contribution in [0.25, 0.3) is 6.08 Å². The fraction of sp³-hybridized carbons (Fsp3) is 0.421. The molecule has 2 heterocycles. The van der Waals surface area contributed by atoms with Crippen molar-refractivity contribution in [1.29, 1.82) is 0 Å². The Morgan fingerprint density at radius 3 is 2.15 bits per heavy atom. The van der Waals surface area contributed by atoms with Gasteiger partial charge in [0.1, 0.15) is 11.3 Å². The van der Waals surface area contributed by atoms with Gasteiger partial charge < -0.3 is 9.64 Å². The van der Waals surface area contributed by atoms with Gasteiger partial charge in [-0.1, -0.05) is 0 Å². The quantitative estimate of drug-likeness (QED) is 0.612. The van der Waals surface area contributed by atoms with E-state index >= 15 is 0 Å². The summed E-state index contributed by atoms with van der Waals surface area (Å²) in [6.45, 7) is 2.02. The number of hydrogen-bond donors (Lipinski definition) is 0. The number of carbonyl (C=O) groups excluding carboxylic acids is 3. The zero-order valence-corrected chi connectivity index (χ0v) is 15.3. The Labute approximate surface area is 152 Å². The van der Waals surface area contributed by atoms with Gasteiger partial charge in [0.05, 0.1) is 7.11 Å². The minimum atomic E-state index is -0.635. The van der Waals surface area contributed by atoms with E-state index in [-0.39, 0.29) is 5.57 Å². The summed E-state index contributed by atoms with van der Waals surface area (Å²) in [4.78, 5) is 40.7. The number of methoxy groups -OCH3 is 1. The van der Waals surface area contributed by atoms with Crippen LogP contribution in [0, 0.1) is 0 Å². The largest absolute Gasteiger partial charge is 0.496 e. The average Bonchev–Trinajstić information content (AvgIpc) is 2.69. The molecule has 4 amide bonds. The van der Waals surface area contributed by atoms with Crippen LogP contribution in [0.15, 0.2) is 23.8 Å².